The Morgan fingerprint density at radius 3 is 2.22 bits per heavy atom. The van der Waals surface area contributed by atoms with Crippen molar-refractivity contribution in [2.45, 2.75) is 43.7 Å². The van der Waals surface area contributed by atoms with E-state index in [2.05, 4.69) is 0 Å². The van der Waals surface area contributed by atoms with Gasteiger partial charge in [-0.05, 0) is 55.0 Å². The van der Waals surface area contributed by atoms with Gasteiger partial charge in [0.2, 0.25) is 0 Å². The van der Waals surface area contributed by atoms with Gasteiger partial charge in [-0.2, -0.15) is 0 Å². The molecular weight excluding hydrogens is 408 g/mol. The average molecular weight is 437 g/mol. The molecule has 5 rings (SSSR count). The SMILES string of the molecule is O=C(c1ccc(-c2cccc(C(O)OC3CC3)c2)cc1)N1CCN(C(=O)C2(O)CC2)CC1. The van der Waals surface area contributed by atoms with Crippen LogP contribution in [-0.4, -0.2) is 69.7 Å². The molecule has 0 bridgehead atoms. The number of hydrogen-bond donors (Lipinski definition) is 2. The van der Waals surface area contributed by atoms with Crippen LogP contribution in [0.25, 0.3) is 11.1 Å². The Bertz CT molecular complexity index is 1010. The summed E-state index contributed by atoms with van der Waals surface area (Å²) in [6.45, 7) is 1.82. The molecule has 0 spiro atoms. The minimum atomic E-state index is -1.15. The molecule has 3 fully saturated rings. The normalized spacial score (nSPS) is 20.7. The molecule has 2 saturated carbocycles. The molecule has 7 nitrogen and oxygen atoms in total. The van der Waals surface area contributed by atoms with Crippen molar-refractivity contribution in [3.05, 3.63) is 59.7 Å². The first-order valence-corrected chi connectivity index (χ1v) is 11.3. The van der Waals surface area contributed by atoms with E-state index in [-0.39, 0.29) is 17.9 Å². The second kappa shape index (κ2) is 8.31. The van der Waals surface area contributed by atoms with Crippen LogP contribution in [0.2, 0.25) is 0 Å². The average Bonchev–Trinajstić information content (AvgIpc) is 3.77. The number of aliphatic hydroxyl groups excluding tert-OH is 1. The molecule has 0 radical (unpaired) electrons. The zero-order valence-corrected chi connectivity index (χ0v) is 17.9. The maximum Gasteiger partial charge on any atom is 0.254 e. The lowest BCUT2D eigenvalue weighted by molar-refractivity contribution is -0.143. The highest BCUT2D eigenvalue weighted by molar-refractivity contribution is 5.95. The Hall–Kier alpha value is -2.74. The number of rotatable bonds is 6. The van der Waals surface area contributed by atoms with Crippen LogP contribution >= 0.6 is 0 Å². The number of ether oxygens (including phenoxy) is 1. The molecule has 2 aliphatic carbocycles. The van der Waals surface area contributed by atoms with E-state index in [9.17, 15) is 19.8 Å². The predicted molar refractivity (Wildman–Crippen MR) is 118 cm³/mol. The van der Waals surface area contributed by atoms with Gasteiger partial charge in [-0.25, -0.2) is 0 Å². The monoisotopic (exact) mass is 436 g/mol. The second-order valence-electron chi connectivity index (χ2n) is 9.01. The zero-order valence-electron chi connectivity index (χ0n) is 17.9. The molecule has 32 heavy (non-hydrogen) atoms. The van der Waals surface area contributed by atoms with E-state index < -0.39 is 11.9 Å². The first kappa shape index (κ1) is 21.1. The number of carbonyl (C=O) groups excluding carboxylic acids is 2. The molecule has 7 heteroatoms. The summed E-state index contributed by atoms with van der Waals surface area (Å²) in [5, 5.41) is 20.3. The molecule has 1 saturated heterocycles. The van der Waals surface area contributed by atoms with Gasteiger partial charge in [-0.1, -0.05) is 30.3 Å². The molecule has 1 heterocycles. The standard InChI is InChI=1S/C25H28N2O5/c28-22(26-12-14-27(15-13-26)24(30)25(31)10-11-25)18-6-4-17(5-7-18)19-2-1-3-20(16-19)23(29)32-21-8-9-21/h1-7,16,21,23,29,31H,8-15H2. The van der Waals surface area contributed by atoms with Gasteiger partial charge in [0.1, 0.15) is 5.60 Å². The van der Waals surface area contributed by atoms with Crippen molar-refractivity contribution in [1.29, 1.82) is 0 Å². The molecule has 1 atom stereocenters. The summed E-state index contributed by atoms with van der Waals surface area (Å²) in [5.74, 6) is -0.264. The van der Waals surface area contributed by atoms with Crippen molar-refractivity contribution in [3.63, 3.8) is 0 Å². The number of carbonyl (C=O) groups is 2. The minimum Gasteiger partial charge on any atom is -0.380 e. The molecule has 2 N–H and O–H groups in total. The van der Waals surface area contributed by atoms with Gasteiger partial charge in [0.05, 0.1) is 6.10 Å². The number of hydrogen-bond acceptors (Lipinski definition) is 5. The van der Waals surface area contributed by atoms with Crippen LogP contribution in [0.1, 0.15) is 47.9 Å². The van der Waals surface area contributed by atoms with E-state index in [0.717, 1.165) is 29.5 Å². The number of amides is 2. The summed E-state index contributed by atoms with van der Waals surface area (Å²) in [6.07, 6.45) is 2.31. The van der Waals surface area contributed by atoms with E-state index in [0.29, 0.717) is 44.6 Å². The molecule has 0 aromatic heterocycles. The van der Waals surface area contributed by atoms with Crippen molar-refractivity contribution < 1.29 is 24.5 Å². The fraction of sp³-hybridized carbons (Fsp3) is 0.440. The highest BCUT2D eigenvalue weighted by Gasteiger charge is 2.50. The maximum absolute atomic E-state index is 12.9. The van der Waals surface area contributed by atoms with Crippen LogP contribution in [0.5, 0.6) is 0 Å². The van der Waals surface area contributed by atoms with E-state index in [1.165, 1.54) is 0 Å². The summed E-state index contributed by atoms with van der Waals surface area (Å²) in [5.41, 5.74) is 2.07. The number of nitrogens with zero attached hydrogens (tertiary/aromatic N) is 2. The van der Waals surface area contributed by atoms with Crippen LogP contribution in [-0.2, 0) is 9.53 Å². The predicted octanol–water partition coefficient (Wildman–Crippen LogP) is 2.33. The van der Waals surface area contributed by atoms with Crippen molar-refractivity contribution in [2.75, 3.05) is 26.2 Å². The fourth-order valence-corrected chi connectivity index (χ4v) is 4.06. The van der Waals surface area contributed by atoms with Gasteiger partial charge in [0, 0.05) is 37.3 Å². The number of piperazine rings is 1. The Morgan fingerprint density at radius 1 is 0.938 bits per heavy atom. The van der Waals surface area contributed by atoms with Gasteiger partial charge < -0.3 is 24.7 Å². The Kier molecular flexibility index (Phi) is 5.49. The van der Waals surface area contributed by atoms with E-state index in [1.54, 1.807) is 9.80 Å². The Morgan fingerprint density at radius 2 is 1.59 bits per heavy atom. The summed E-state index contributed by atoms with van der Waals surface area (Å²) in [7, 11) is 0. The molecular formula is C25H28N2O5. The maximum atomic E-state index is 12.9. The zero-order chi connectivity index (χ0) is 22.3. The molecule has 2 aromatic carbocycles. The summed E-state index contributed by atoms with van der Waals surface area (Å²) in [4.78, 5) is 28.6. The summed E-state index contributed by atoms with van der Waals surface area (Å²) >= 11 is 0. The van der Waals surface area contributed by atoms with Gasteiger partial charge in [0.25, 0.3) is 11.8 Å². The molecule has 1 aliphatic heterocycles. The van der Waals surface area contributed by atoms with Crippen molar-refractivity contribution >= 4 is 11.8 Å². The van der Waals surface area contributed by atoms with Gasteiger partial charge in [-0.3, -0.25) is 9.59 Å². The highest BCUT2D eigenvalue weighted by Crippen LogP contribution is 2.37. The minimum absolute atomic E-state index is 0.0595. The van der Waals surface area contributed by atoms with E-state index in [1.807, 2.05) is 48.5 Å². The van der Waals surface area contributed by atoms with Gasteiger partial charge in [0.15, 0.2) is 6.29 Å². The van der Waals surface area contributed by atoms with Crippen molar-refractivity contribution in [2.24, 2.45) is 0 Å². The van der Waals surface area contributed by atoms with Crippen LogP contribution < -0.4 is 0 Å². The first-order chi connectivity index (χ1) is 15.4. The molecule has 2 amide bonds. The van der Waals surface area contributed by atoms with E-state index >= 15 is 0 Å². The van der Waals surface area contributed by atoms with Gasteiger partial charge >= 0.3 is 0 Å². The van der Waals surface area contributed by atoms with Gasteiger partial charge in [-0.15, -0.1) is 0 Å². The first-order valence-electron chi connectivity index (χ1n) is 11.3. The Labute approximate surface area is 187 Å². The molecule has 168 valence electrons. The topological polar surface area (TPSA) is 90.3 Å². The smallest absolute Gasteiger partial charge is 0.254 e. The van der Waals surface area contributed by atoms with Crippen LogP contribution in [0, 0.1) is 0 Å². The molecule has 2 aromatic rings. The quantitative estimate of drug-likeness (QED) is 0.679. The lowest BCUT2D eigenvalue weighted by Crippen LogP contribution is -2.53. The van der Waals surface area contributed by atoms with E-state index in [4.69, 9.17) is 4.74 Å². The Balaban J connectivity index is 1.21. The van der Waals surface area contributed by atoms with Crippen LogP contribution in [0.3, 0.4) is 0 Å². The van der Waals surface area contributed by atoms with Crippen LogP contribution in [0.15, 0.2) is 48.5 Å². The third-order valence-electron chi connectivity index (χ3n) is 6.46. The summed E-state index contributed by atoms with van der Waals surface area (Å²) < 4.78 is 5.57. The number of aliphatic hydroxyl groups is 2. The molecule has 1 unspecified atom stereocenters. The highest BCUT2D eigenvalue weighted by atomic mass is 16.6. The molecule has 3 aliphatic rings. The van der Waals surface area contributed by atoms with Crippen molar-refractivity contribution in [3.8, 4) is 11.1 Å². The lowest BCUT2D eigenvalue weighted by Gasteiger charge is -2.35. The van der Waals surface area contributed by atoms with Crippen LogP contribution in [0.4, 0.5) is 0 Å². The lowest BCUT2D eigenvalue weighted by atomic mass is 10.0. The summed E-state index contributed by atoms with van der Waals surface area (Å²) in [6, 6.07) is 15.1. The largest absolute Gasteiger partial charge is 0.380 e. The third kappa shape index (κ3) is 4.41. The second-order valence-corrected chi connectivity index (χ2v) is 9.01. The third-order valence-corrected chi connectivity index (χ3v) is 6.46. The number of benzene rings is 2. The van der Waals surface area contributed by atoms with Crippen molar-refractivity contribution in [1.82, 2.24) is 9.80 Å². The fourth-order valence-electron chi connectivity index (χ4n) is 4.06.